The summed E-state index contributed by atoms with van der Waals surface area (Å²) in [4.78, 5) is 12.2. The summed E-state index contributed by atoms with van der Waals surface area (Å²) < 4.78 is 1.95. The molecule has 2 aromatic heterocycles. The van der Waals surface area contributed by atoms with Crippen LogP contribution in [0.2, 0.25) is 5.02 Å². The molecule has 8 heteroatoms. The van der Waals surface area contributed by atoms with Crippen molar-refractivity contribution in [3.63, 3.8) is 0 Å². The summed E-state index contributed by atoms with van der Waals surface area (Å²) in [5, 5.41) is 15.5. The third kappa shape index (κ3) is 6.08. The molecule has 2 aromatic carbocycles. The Morgan fingerprint density at radius 3 is 2.69 bits per heavy atom. The van der Waals surface area contributed by atoms with E-state index in [0.717, 1.165) is 63.9 Å². The lowest BCUT2D eigenvalue weighted by molar-refractivity contribution is 0.310. The fourth-order valence-corrected chi connectivity index (χ4v) is 5.01. The van der Waals surface area contributed by atoms with Gasteiger partial charge in [0, 0.05) is 48.2 Å². The second-order valence-electron chi connectivity index (χ2n) is 8.35. The van der Waals surface area contributed by atoms with Crippen molar-refractivity contribution >= 4 is 51.7 Å². The predicted octanol–water partition coefficient (Wildman–Crippen LogP) is 7.13. The van der Waals surface area contributed by atoms with Crippen LogP contribution in [0.1, 0.15) is 31.4 Å². The predicted molar refractivity (Wildman–Crippen MR) is 150 cm³/mol. The fraction of sp³-hybridized carbons (Fsp3) is 0.250. The quantitative estimate of drug-likeness (QED) is 0.241. The van der Waals surface area contributed by atoms with Gasteiger partial charge in [-0.1, -0.05) is 61.5 Å². The molecule has 36 heavy (non-hydrogen) atoms. The van der Waals surface area contributed by atoms with Gasteiger partial charge in [0.25, 0.3) is 0 Å². The molecule has 4 aromatic rings. The number of rotatable bonds is 10. The number of pyridine rings is 1. The summed E-state index contributed by atoms with van der Waals surface area (Å²) in [7, 11) is 1.95. The van der Waals surface area contributed by atoms with Gasteiger partial charge in [0.05, 0.1) is 21.8 Å². The zero-order valence-corrected chi connectivity index (χ0v) is 22.3. The third-order valence-corrected chi connectivity index (χ3v) is 7.59. The van der Waals surface area contributed by atoms with E-state index >= 15 is 0 Å². The Kier molecular flexibility index (Phi) is 8.65. The van der Waals surface area contributed by atoms with E-state index in [2.05, 4.69) is 64.4 Å². The molecule has 0 fully saturated rings. The molecule has 0 bridgehead atoms. The molecular weight excluding hydrogens is 488 g/mol. The Hall–Kier alpha value is -3.31. The first-order valence-corrected chi connectivity index (χ1v) is 13.1. The van der Waals surface area contributed by atoms with Crippen LogP contribution in [0.15, 0.2) is 71.1 Å². The highest BCUT2D eigenvalue weighted by Gasteiger charge is 2.12. The number of benzene rings is 2. The lowest BCUT2D eigenvalue weighted by Crippen LogP contribution is -2.23. The van der Waals surface area contributed by atoms with E-state index in [4.69, 9.17) is 11.6 Å². The van der Waals surface area contributed by atoms with Gasteiger partial charge in [-0.2, -0.15) is 5.26 Å². The van der Waals surface area contributed by atoms with E-state index in [9.17, 15) is 5.26 Å². The summed E-state index contributed by atoms with van der Waals surface area (Å²) in [5.74, 6) is 0. The third-order valence-electron chi connectivity index (χ3n) is 6.01. The molecule has 2 heterocycles. The number of nitrogens with zero attached hydrogens (tertiary/aromatic N) is 5. The molecule has 0 radical (unpaired) electrons. The van der Waals surface area contributed by atoms with Crippen LogP contribution in [-0.2, 0) is 7.05 Å². The molecule has 0 aliphatic carbocycles. The van der Waals surface area contributed by atoms with Crippen LogP contribution in [-0.4, -0.2) is 39.1 Å². The molecule has 0 amide bonds. The number of nitrogens with one attached hydrogen (secondary N) is 1. The number of aromatic nitrogens is 3. The lowest BCUT2D eigenvalue weighted by Gasteiger charge is -2.16. The van der Waals surface area contributed by atoms with Crippen molar-refractivity contribution in [2.24, 2.45) is 7.05 Å². The lowest BCUT2D eigenvalue weighted by atomic mass is 10.1. The zero-order chi connectivity index (χ0) is 25.5. The molecule has 0 aliphatic heterocycles. The number of imidazole rings is 1. The average molecular weight is 517 g/mol. The van der Waals surface area contributed by atoms with Crippen LogP contribution in [0.4, 0.5) is 11.4 Å². The summed E-state index contributed by atoms with van der Waals surface area (Å²) in [6.45, 7) is 7.56. The van der Waals surface area contributed by atoms with E-state index in [1.54, 1.807) is 12.4 Å². The van der Waals surface area contributed by atoms with Crippen molar-refractivity contribution in [3.05, 3.63) is 77.2 Å². The van der Waals surface area contributed by atoms with Gasteiger partial charge >= 0.3 is 0 Å². The molecule has 0 saturated carbocycles. The first-order chi connectivity index (χ1) is 17.5. The molecule has 0 aliphatic rings. The van der Waals surface area contributed by atoms with Gasteiger partial charge in [-0.25, -0.2) is 4.98 Å². The SMILES string of the molecule is CCN(CC)CC/C=C/c1ccc2c(Nc3ccc(Sc4nccn4C)c(Cl)c3)c(C#N)cnc2c1. The van der Waals surface area contributed by atoms with Gasteiger partial charge in [0.1, 0.15) is 6.07 Å². The van der Waals surface area contributed by atoms with Crippen molar-refractivity contribution in [1.82, 2.24) is 19.4 Å². The molecule has 0 unspecified atom stereocenters. The molecular formula is C28H29ClN6S. The van der Waals surface area contributed by atoms with Crippen LogP contribution >= 0.6 is 23.4 Å². The maximum Gasteiger partial charge on any atom is 0.172 e. The largest absolute Gasteiger partial charge is 0.354 e. The van der Waals surface area contributed by atoms with Crippen molar-refractivity contribution in [2.75, 3.05) is 25.0 Å². The molecule has 1 N–H and O–H groups in total. The van der Waals surface area contributed by atoms with Crippen molar-refractivity contribution in [1.29, 1.82) is 5.26 Å². The van der Waals surface area contributed by atoms with Crippen molar-refractivity contribution in [3.8, 4) is 6.07 Å². The molecule has 6 nitrogen and oxygen atoms in total. The molecule has 0 saturated heterocycles. The molecule has 0 spiro atoms. The topological polar surface area (TPSA) is 69.8 Å². The summed E-state index contributed by atoms with van der Waals surface area (Å²) in [6, 6.07) is 14.2. The van der Waals surface area contributed by atoms with Crippen LogP contribution in [0.5, 0.6) is 0 Å². The zero-order valence-electron chi connectivity index (χ0n) is 20.7. The first kappa shape index (κ1) is 25.8. The Labute approximate surface area is 221 Å². The van der Waals surface area contributed by atoms with Gasteiger partial charge in [-0.15, -0.1) is 0 Å². The van der Waals surface area contributed by atoms with Gasteiger partial charge < -0.3 is 14.8 Å². The number of hydrogen-bond donors (Lipinski definition) is 1. The normalized spacial score (nSPS) is 11.4. The molecule has 0 atom stereocenters. The second kappa shape index (κ2) is 12.1. The van der Waals surface area contributed by atoms with Crippen molar-refractivity contribution < 1.29 is 0 Å². The smallest absolute Gasteiger partial charge is 0.172 e. The standard InChI is InChI=1S/C28H29ClN6S/c1-4-35(5-2)14-7-6-8-20-9-11-23-25(16-20)32-19-21(18-30)27(23)33-22-10-12-26(24(29)17-22)36-28-31-13-15-34(28)3/h6,8-13,15-17,19H,4-5,7,14H2,1-3H3,(H,32,33)/b8-6+. The average Bonchev–Trinajstić information content (AvgIpc) is 3.30. The second-order valence-corrected chi connectivity index (χ2v) is 9.76. The fourth-order valence-electron chi connectivity index (χ4n) is 3.90. The Morgan fingerprint density at radius 2 is 2.00 bits per heavy atom. The highest BCUT2D eigenvalue weighted by molar-refractivity contribution is 7.99. The molecule has 4 rings (SSSR count). The van der Waals surface area contributed by atoms with Gasteiger partial charge in [0.2, 0.25) is 0 Å². The van der Waals surface area contributed by atoms with E-state index < -0.39 is 0 Å². The highest BCUT2D eigenvalue weighted by Crippen LogP contribution is 2.36. The minimum atomic E-state index is 0.479. The number of aryl methyl sites for hydroxylation is 1. The Balaban J connectivity index is 1.55. The van der Waals surface area contributed by atoms with Crippen LogP contribution in [0.25, 0.3) is 17.0 Å². The minimum Gasteiger partial charge on any atom is -0.354 e. The molecule has 184 valence electrons. The van der Waals surface area contributed by atoms with E-state index in [1.807, 2.05) is 42.1 Å². The van der Waals surface area contributed by atoms with Crippen molar-refractivity contribution in [2.45, 2.75) is 30.3 Å². The Bertz CT molecular complexity index is 1420. The summed E-state index contributed by atoms with van der Waals surface area (Å²) >= 11 is 8.10. The summed E-state index contributed by atoms with van der Waals surface area (Å²) in [6.07, 6.45) is 10.6. The van der Waals surface area contributed by atoms with E-state index in [-0.39, 0.29) is 0 Å². The maximum absolute atomic E-state index is 9.72. The van der Waals surface area contributed by atoms with E-state index in [0.29, 0.717) is 10.6 Å². The number of fused-ring (bicyclic) bond motifs is 1. The number of hydrogen-bond acceptors (Lipinski definition) is 6. The first-order valence-electron chi connectivity index (χ1n) is 12.0. The number of halogens is 1. The van der Waals surface area contributed by atoms with Crippen LogP contribution < -0.4 is 5.32 Å². The van der Waals surface area contributed by atoms with Crippen LogP contribution in [0, 0.1) is 11.3 Å². The number of nitriles is 1. The maximum atomic E-state index is 9.72. The Morgan fingerprint density at radius 1 is 1.17 bits per heavy atom. The van der Waals surface area contributed by atoms with Gasteiger partial charge in [-0.3, -0.25) is 4.98 Å². The minimum absolute atomic E-state index is 0.479. The highest BCUT2D eigenvalue weighted by atomic mass is 35.5. The van der Waals surface area contributed by atoms with E-state index in [1.165, 1.54) is 11.8 Å². The van der Waals surface area contributed by atoms with Crippen LogP contribution in [0.3, 0.4) is 0 Å². The monoisotopic (exact) mass is 516 g/mol. The van der Waals surface area contributed by atoms with Gasteiger partial charge in [-0.05, 0) is 49.3 Å². The van der Waals surface area contributed by atoms with Gasteiger partial charge in [0.15, 0.2) is 5.16 Å². The summed E-state index contributed by atoms with van der Waals surface area (Å²) in [5.41, 5.74) is 3.92. The number of anilines is 2.